The molecule has 3 heterocycles. The van der Waals surface area contributed by atoms with Gasteiger partial charge in [-0.05, 0) is 30.7 Å². The number of nitrogens with zero attached hydrogens (tertiary/aromatic N) is 4. The van der Waals surface area contributed by atoms with E-state index in [1.807, 2.05) is 54.3 Å². The van der Waals surface area contributed by atoms with E-state index in [1.165, 1.54) is 0 Å². The van der Waals surface area contributed by atoms with E-state index < -0.39 is 0 Å². The minimum Gasteiger partial charge on any atom is -0.352 e. The quantitative estimate of drug-likeness (QED) is 0.750. The van der Waals surface area contributed by atoms with Crippen LogP contribution in [0.2, 0.25) is 0 Å². The molecule has 0 radical (unpaired) electrons. The van der Waals surface area contributed by atoms with Crippen molar-refractivity contribution in [2.45, 2.75) is 6.92 Å². The first kappa shape index (κ1) is 17.1. The molecular weight excluding hydrogens is 340 g/mol. The molecule has 1 aliphatic heterocycles. The number of aryl methyl sites for hydroxylation is 1. The van der Waals surface area contributed by atoms with Gasteiger partial charge in [-0.25, -0.2) is 4.79 Å². The number of urea groups is 1. The molecule has 4 rings (SSSR count). The van der Waals surface area contributed by atoms with Crippen LogP contribution in [0.3, 0.4) is 0 Å². The van der Waals surface area contributed by atoms with Crippen molar-refractivity contribution in [3.63, 3.8) is 0 Å². The second-order valence-corrected chi connectivity index (χ2v) is 6.59. The van der Waals surface area contributed by atoms with E-state index in [9.17, 15) is 4.79 Å². The van der Waals surface area contributed by atoms with Crippen molar-refractivity contribution in [1.82, 2.24) is 20.1 Å². The number of hydrogen-bond acceptors (Lipinski definition) is 4. The van der Waals surface area contributed by atoms with Gasteiger partial charge in [-0.1, -0.05) is 18.2 Å². The van der Waals surface area contributed by atoms with Crippen LogP contribution in [0, 0.1) is 6.92 Å². The van der Waals surface area contributed by atoms with E-state index in [1.54, 1.807) is 12.4 Å². The summed E-state index contributed by atoms with van der Waals surface area (Å²) in [6.45, 7) is 4.82. The molecule has 138 valence electrons. The zero-order chi connectivity index (χ0) is 18.6. The highest BCUT2D eigenvalue weighted by Crippen LogP contribution is 2.22. The summed E-state index contributed by atoms with van der Waals surface area (Å²) in [6.07, 6.45) is 3.53. The lowest BCUT2D eigenvalue weighted by molar-refractivity contribution is 0.208. The maximum absolute atomic E-state index is 12.5. The summed E-state index contributed by atoms with van der Waals surface area (Å²) in [5, 5.41) is 10.5. The average molecular weight is 362 g/mol. The first-order chi connectivity index (χ1) is 13.2. The number of pyridine rings is 1. The molecule has 2 aromatic heterocycles. The normalized spacial score (nSPS) is 14.3. The maximum atomic E-state index is 12.5. The number of para-hydroxylation sites is 1. The SMILES string of the molecule is Cc1ccccc1NC(=O)N1CCN(c2cc(-c3ccncc3)[nH]n2)CC1. The molecule has 27 heavy (non-hydrogen) atoms. The third-order valence-corrected chi connectivity index (χ3v) is 4.83. The Kier molecular flexibility index (Phi) is 4.74. The number of amides is 2. The minimum atomic E-state index is -0.0524. The van der Waals surface area contributed by atoms with E-state index in [4.69, 9.17) is 0 Å². The molecule has 1 aromatic carbocycles. The predicted molar refractivity (Wildman–Crippen MR) is 106 cm³/mol. The number of rotatable bonds is 3. The molecule has 3 aromatic rings. The second-order valence-electron chi connectivity index (χ2n) is 6.59. The smallest absolute Gasteiger partial charge is 0.321 e. The number of benzene rings is 1. The largest absolute Gasteiger partial charge is 0.352 e. The highest BCUT2D eigenvalue weighted by atomic mass is 16.2. The molecule has 7 heteroatoms. The van der Waals surface area contributed by atoms with E-state index in [0.29, 0.717) is 13.1 Å². The Morgan fingerprint density at radius 1 is 1.07 bits per heavy atom. The number of hydrogen-bond donors (Lipinski definition) is 2. The van der Waals surface area contributed by atoms with Crippen molar-refractivity contribution in [2.24, 2.45) is 0 Å². The molecule has 0 aliphatic carbocycles. The number of H-pyrrole nitrogens is 1. The van der Waals surface area contributed by atoms with Crippen LogP contribution in [0.25, 0.3) is 11.3 Å². The summed E-state index contributed by atoms with van der Waals surface area (Å²) in [5.74, 6) is 0.903. The van der Waals surface area contributed by atoms with Crippen LogP contribution in [-0.4, -0.2) is 52.3 Å². The molecule has 1 fully saturated rings. The highest BCUT2D eigenvalue weighted by molar-refractivity contribution is 5.90. The minimum absolute atomic E-state index is 0.0524. The van der Waals surface area contributed by atoms with Crippen LogP contribution in [0.4, 0.5) is 16.3 Å². The van der Waals surface area contributed by atoms with Gasteiger partial charge < -0.3 is 15.1 Å². The fourth-order valence-corrected chi connectivity index (χ4v) is 3.20. The summed E-state index contributed by atoms with van der Waals surface area (Å²) < 4.78 is 0. The molecule has 0 saturated carbocycles. The van der Waals surface area contributed by atoms with E-state index >= 15 is 0 Å². The lowest BCUT2D eigenvalue weighted by Crippen LogP contribution is -2.50. The molecule has 1 saturated heterocycles. The number of aromatic nitrogens is 3. The molecule has 1 aliphatic rings. The summed E-state index contributed by atoms with van der Waals surface area (Å²) >= 11 is 0. The van der Waals surface area contributed by atoms with Crippen molar-refractivity contribution in [3.8, 4) is 11.3 Å². The number of carbonyl (C=O) groups excluding carboxylic acids is 1. The molecule has 0 atom stereocenters. The number of anilines is 2. The lowest BCUT2D eigenvalue weighted by atomic mass is 10.2. The fraction of sp³-hybridized carbons (Fsp3) is 0.250. The van der Waals surface area contributed by atoms with Crippen LogP contribution in [0.5, 0.6) is 0 Å². The Labute approximate surface area is 158 Å². The first-order valence-electron chi connectivity index (χ1n) is 9.03. The predicted octanol–water partition coefficient (Wildman–Crippen LogP) is 3.13. The lowest BCUT2D eigenvalue weighted by Gasteiger charge is -2.34. The van der Waals surface area contributed by atoms with E-state index in [0.717, 1.165) is 41.4 Å². The van der Waals surface area contributed by atoms with Gasteiger partial charge in [0, 0.05) is 55.9 Å². The van der Waals surface area contributed by atoms with Crippen LogP contribution in [0.15, 0.2) is 54.9 Å². The number of piperazine rings is 1. The molecule has 2 N–H and O–H groups in total. The van der Waals surface area contributed by atoms with Gasteiger partial charge in [-0.2, -0.15) is 5.10 Å². The maximum Gasteiger partial charge on any atom is 0.321 e. The zero-order valence-electron chi connectivity index (χ0n) is 15.2. The van der Waals surface area contributed by atoms with Crippen LogP contribution in [-0.2, 0) is 0 Å². The summed E-state index contributed by atoms with van der Waals surface area (Å²) in [6, 6.07) is 13.7. The summed E-state index contributed by atoms with van der Waals surface area (Å²) in [4.78, 5) is 20.6. The van der Waals surface area contributed by atoms with Crippen LogP contribution < -0.4 is 10.2 Å². The Morgan fingerprint density at radius 2 is 1.81 bits per heavy atom. The number of carbonyl (C=O) groups is 1. The molecule has 0 bridgehead atoms. The number of aromatic amines is 1. The Bertz CT molecular complexity index is 915. The van der Waals surface area contributed by atoms with Crippen molar-refractivity contribution in [1.29, 1.82) is 0 Å². The van der Waals surface area contributed by atoms with E-state index in [-0.39, 0.29) is 6.03 Å². The molecule has 0 unspecified atom stereocenters. The van der Waals surface area contributed by atoms with Gasteiger partial charge in [0.05, 0.1) is 5.69 Å². The van der Waals surface area contributed by atoms with Gasteiger partial charge in [0.25, 0.3) is 0 Å². The molecule has 0 spiro atoms. The van der Waals surface area contributed by atoms with Gasteiger partial charge in [-0.3, -0.25) is 10.1 Å². The van der Waals surface area contributed by atoms with Crippen molar-refractivity contribution < 1.29 is 4.79 Å². The second kappa shape index (κ2) is 7.49. The fourth-order valence-electron chi connectivity index (χ4n) is 3.20. The highest BCUT2D eigenvalue weighted by Gasteiger charge is 2.23. The van der Waals surface area contributed by atoms with E-state index in [2.05, 4.69) is 25.4 Å². The summed E-state index contributed by atoms with van der Waals surface area (Å²) in [5.41, 5.74) is 3.94. The molecule has 7 nitrogen and oxygen atoms in total. The number of nitrogens with one attached hydrogen (secondary N) is 2. The van der Waals surface area contributed by atoms with Crippen molar-refractivity contribution in [3.05, 3.63) is 60.4 Å². The van der Waals surface area contributed by atoms with Crippen LogP contribution >= 0.6 is 0 Å². The van der Waals surface area contributed by atoms with Gasteiger partial charge in [0.15, 0.2) is 5.82 Å². The molecule has 2 amide bonds. The van der Waals surface area contributed by atoms with Gasteiger partial charge >= 0.3 is 6.03 Å². The monoisotopic (exact) mass is 362 g/mol. The Morgan fingerprint density at radius 3 is 2.56 bits per heavy atom. The van der Waals surface area contributed by atoms with Gasteiger partial charge in [0.2, 0.25) is 0 Å². The van der Waals surface area contributed by atoms with Gasteiger partial charge in [-0.15, -0.1) is 0 Å². The van der Waals surface area contributed by atoms with Crippen LogP contribution in [0.1, 0.15) is 5.56 Å². The zero-order valence-corrected chi connectivity index (χ0v) is 15.2. The van der Waals surface area contributed by atoms with Crippen molar-refractivity contribution in [2.75, 3.05) is 36.4 Å². The first-order valence-corrected chi connectivity index (χ1v) is 9.03. The Hall–Kier alpha value is -3.35. The third-order valence-electron chi connectivity index (χ3n) is 4.83. The van der Waals surface area contributed by atoms with Gasteiger partial charge in [0.1, 0.15) is 0 Å². The van der Waals surface area contributed by atoms with Crippen molar-refractivity contribution >= 4 is 17.5 Å². The molecular formula is C20H22N6O. The summed E-state index contributed by atoms with van der Waals surface area (Å²) in [7, 11) is 0. The topological polar surface area (TPSA) is 77.2 Å². The third kappa shape index (κ3) is 3.76. The Balaban J connectivity index is 1.36. The average Bonchev–Trinajstić information content (AvgIpc) is 3.21. The standard InChI is InChI=1S/C20H22N6O/c1-15-4-2-3-5-17(15)22-20(27)26-12-10-25(11-13-26)19-14-18(23-24-19)16-6-8-21-9-7-16/h2-9,14H,10-13H2,1H3,(H,22,27)(H,23,24).